The molecule has 0 aliphatic rings. The SMILES string of the molecule is CCCCC/C=C\C/C=C\CCCCCCCCCCCCCCCC(=O)OC(/C=C\CCCCCCCCCCCCC)C(COP(=O)(O)OCC[N+](C)(C)C)NC(=O)CCCCC/C=C\CCCCCCCCC. The van der Waals surface area contributed by atoms with Gasteiger partial charge in [0.25, 0.3) is 0 Å². The number of phosphoric ester groups is 1. The van der Waals surface area contributed by atoms with Crippen molar-refractivity contribution in [3.8, 4) is 0 Å². The number of hydrogen-bond donors (Lipinski definition) is 2. The van der Waals surface area contributed by atoms with Crippen molar-refractivity contribution in [2.24, 2.45) is 0 Å². The first kappa shape index (κ1) is 74.0. The molecule has 446 valence electrons. The maximum Gasteiger partial charge on any atom is 0.472 e. The molecule has 10 heteroatoms. The molecule has 0 heterocycles. The molecule has 2 N–H and O–H groups in total. The van der Waals surface area contributed by atoms with Crippen molar-refractivity contribution >= 4 is 19.7 Å². The molecule has 0 aromatic heterocycles. The van der Waals surface area contributed by atoms with Crippen LogP contribution in [0.15, 0.2) is 48.6 Å². The summed E-state index contributed by atoms with van der Waals surface area (Å²) in [6.45, 7) is 7.00. The Morgan fingerprint density at radius 2 is 0.803 bits per heavy atom. The third-order valence-electron chi connectivity index (χ3n) is 14.5. The van der Waals surface area contributed by atoms with E-state index in [1.165, 1.54) is 199 Å². The van der Waals surface area contributed by atoms with Gasteiger partial charge in [-0.15, -0.1) is 0 Å². The lowest BCUT2D eigenvalue weighted by atomic mass is 10.0. The number of amides is 1. The van der Waals surface area contributed by atoms with Crippen molar-refractivity contribution in [2.75, 3.05) is 40.9 Å². The van der Waals surface area contributed by atoms with Gasteiger partial charge in [-0.05, 0) is 89.5 Å². The van der Waals surface area contributed by atoms with E-state index in [0.29, 0.717) is 17.4 Å². The second kappa shape index (κ2) is 56.3. The second-order valence-corrected chi connectivity index (χ2v) is 24.7. The highest BCUT2D eigenvalue weighted by atomic mass is 31.2. The smallest absolute Gasteiger partial charge is 0.456 e. The van der Waals surface area contributed by atoms with Crippen LogP contribution in [0.2, 0.25) is 0 Å². The van der Waals surface area contributed by atoms with Crippen molar-refractivity contribution in [2.45, 2.75) is 322 Å². The van der Waals surface area contributed by atoms with Gasteiger partial charge in [0.2, 0.25) is 5.91 Å². The van der Waals surface area contributed by atoms with E-state index in [2.05, 4.69) is 62.5 Å². The molecule has 0 aliphatic carbocycles. The zero-order chi connectivity index (χ0) is 55.7. The number of phosphoric acid groups is 1. The van der Waals surface area contributed by atoms with Crippen LogP contribution in [-0.4, -0.2) is 74.3 Å². The normalized spacial score (nSPS) is 13.9. The van der Waals surface area contributed by atoms with E-state index in [4.69, 9.17) is 13.8 Å². The predicted octanol–water partition coefficient (Wildman–Crippen LogP) is 20.1. The van der Waals surface area contributed by atoms with Crippen molar-refractivity contribution in [3.05, 3.63) is 48.6 Å². The van der Waals surface area contributed by atoms with Crippen LogP contribution >= 0.6 is 7.82 Å². The molecule has 0 fully saturated rings. The number of likely N-dealkylation sites (N-methyl/N-ethyl adjacent to an activating group) is 1. The van der Waals surface area contributed by atoms with E-state index in [-0.39, 0.29) is 31.5 Å². The molecule has 0 aromatic rings. The number of nitrogens with zero attached hydrogens (tertiary/aromatic N) is 1. The summed E-state index contributed by atoms with van der Waals surface area (Å²) in [7, 11) is 1.49. The topological polar surface area (TPSA) is 111 Å². The molecular formula is C66H126N2O7P+. The predicted molar refractivity (Wildman–Crippen MR) is 328 cm³/mol. The first-order chi connectivity index (χ1) is 36.9. The van der Waals surface area contributed by atoms with Crippen molar-refractivity contribution < 1.29 is 37.3 Å². The maximum absolute atomic E-state index is 13.5. The van der Waals surface area contributed by atoms with Crippen LogP contribution in [0.4, 0.5) is 0 Å². The molecule has 0 aliphatic heterocycles. The van der Waals surface area contributed by atoms with Crippen LogP contribution in [0, 0.1) is 0 Å². The third-order valence-corrected chi connectivity index (χ3v) is 15.5. The molecule has 3 unspecified atom stereocenters. The van der Waals surface area contributed by atoms with Gasteiger partial charge < -0.3 is 19.4 Å². The van der Waals surface area contributed by atoms with E-state index < -0.39 is 20.0 Å². The van der Waals surface area contributed by atoms with E-state index in [0.717, 1.165) is 77.0 Å². The Morgan fingerprint density at radius 3 is 1.24 bits per heavy atom. The quantitative estimate of drug-likeness (QED) is 0.0205. The molecule has 0 bridgehead atoms. The van der Waals surface area contributed by atoms with E-state index in [9.17, 15) is 19.0 Å². The number of quaternary nitrogens is 1. The van der Waals surface area contributed by atoms with Gasteiger partial charge in [0, 0.05) is 12.8 Å². The van der Waals surface area contributed by atoms with Crippen molar-refractivity contribution in [1.29, 1.82) is 0 Å². The number of rotatable bonds is 59. The fourth-order valence-corrected chi connectivity index (χ4v) is 10.2. The zero-order valence-electron chi connectivity index (χ0n) is 51.0. The maximum atomic E-state index is 13.5. The van der Waals surface area contributed by atoms with Gasteiger partial charge in [-0.3, -0.25) is 18.6 Å². The molecular weight excluding hydrogens is 964 g/mol. The number of hydrogen-bond acceptors (Lipinski definition) is 6. The number of carbonyl (C=O) groups excluding carboxylic acids is 2. The van der Waals surface area contributed by atoms with Crippen LogP contribution in [-0.2, 0) is 27.9 Å². The second-order valence-electron chi connectivity index (χ2n) is 23.3. The Labute approximate surface area is 471 Å². The monoisotopic (exact) mass is 1090 g/mol. The largest absolute Gasteiger partial charge is 0.472 e. The van der Waals surface area contributed by atoms with E-state index in [1.54, 1.807) is 0 Å². The molecule has 1 amide bonds. The number of allylic oxidation sites excluding steroid dienone is 7. The van der Waals surface area contributed by atoms with E-state index in [1.807, 2.05) is 33.3 Å². The summed E-state index contributed by atoms with van der Waals surface area (Å²) in [5, 5.41) is 3.05. The third kappa shape index (κ3) is 56.7. The molecule has 3 atom stereocenters. The average Bonchev–Trinajstić information content (AvgIpc) is 3.38. The highest BCUT2D eigenvalue weighted by Crippen LogP contribution is 2.43. The number of ether oxygens (including phenoxy) is 1. The van der Waals surface area contributed by atoms with Gasteiger partial charge in [0.05, 0.1) is 33.8 Å². The standard InChI is InChI=1S/C66H125N2O7P/c1-7-10-13-16-19-22-25-28-30-31-32-33-34-35-36-37-38-41-44-47-50-53-56-59-66(70)75-64(57-54-51-48-45-42-39-27-24-21-18-15-12-9-3)63(62-74-76(71,72)73-61-60-68(4,5)6)67-65(69)58-55-52-49-46-43-40-29-26-23-20-17-14-11-8-2/h19,22,28,30,40,43,54,57,63-64H,7-18,20-21,23-27,29,31-39,41-42,44-53,55-56,58-62H2,1-6H3,(H-,67,69,71,72)/p+1/b22-19-,30-28-,43-40-,57-54-. The summed E-state index contributed by atoms with van der Waals surface area (Å²) in [5.41, 5.74) is 0. The average molecular weight is 1090 g/mol. The molecule has 0 saturated heterocycles. The van der Waals surface area contributed by atoms with Crippen molar-refractivity contribution in [1.82, 2.24) is 5.32 Å². The molecule has 0 rings (SSSR count). The number of nitrogens with one attached hydrogen (secondary N) is 1. The minimum Gasteiger partial charge on any atom is -0.456 e. The van der Waals surface area contributed by atoms with Crippen LogP contribution in [0.3, 0.4) is 0 Å². The first-order valence-corrected chi connectivity index (χ1v) is 34.0. The lowest BCUT2D eigenvalue weighted by molar-refractivity contribution is -0.870. The summed E-state index contributed by atoms with van der Waals surface area (Å²) >= 11 is 0. The fraction of sp³-hybridized carbons (Fsp3) is 0.848. The Morgan fingerprint density at radius 1 is 0.461 bits per heavy atom. The number of carbonyl (C=O) groups is 2. The van der Waals surface area contributed by atoms with Gasteiger partial charge in [-0.1, -0.05) is 256 Å². The first-order valence-electron chi connectivity index (χ1n) is 32.5. The minimum atomic E-state index is -4.45. The minimum absolute atomic E-state index is 0.0384. The van der Waals surface area contributed by atoms with Gasteiger partial charge >= 0.3 is 13.8 Å². The zero-order valence-corrected chi connectivity index (χ0v) is 51.9. The summed E-state index contributed by atoms with van der Waals surface area (Å²) in [6, 6.07) is -0.855. The molecule has 0 aromatic carbocycles. The Balaban J connectivity index is 5.17. The Kier molecular flexibility index (Phi) is 54.7. The lowest BCUT2D eigenvalue weighted by Crippen LogP contribution is -2.47. The van der Waals surface area contributed by atoms with Crippen LogP contribution in [0.5, 0.6) is 0 Å². The summed E-state index contributed by atoms with van der Waals surface area (Å²) in [6.07, 6.45) is 69.7. The molecule has 76 heavy (non-hydrogen) atoms. The van der Waals surface area contributed by atoms with Crippen LogP contribution in [0.1, 0.15) is 310 Å². The Hall–Kier alpha value is -2.03. The van der Waals surface area contributed by atoms with E-state index >= 15 is 0 Å². The molecule has 0 radical (unpaired) electrons. The number of esters is 1. The lowest BCUT2D eigenvalue weighted by Gasteiger charge is -2.27. The van der Waals surface area contributed by atoms with Gasteiger partial charge in [0.1, 0.15) is 19.3 Å². The fourth-order valence-electron chi connectivity index (χ4n) is 9.44. The van der Waals surface area contributed by atoms with Crippen molar-refractivity contribution in [3.63, 3.8) is 0 Å². The van der Waals surface area contributed by atoms with Gasteiger partial charge in [0.15, 0.2) is 0 Å². The number of unbranched alkanes of at least 4 members (excludes halogenated alkanes) is 37. The Bertz CT molecular complexity index is 1440. The molecule has 0 spiro atoms. The summed E-state index contributed by atoms with van der Waals surface area (Å²) < 4.78 is 30.7. The van der Waals surface area contributed by atoms with Gasteiger partial charge in [-0.25, -0.2) is 4.57 Å². The molecule has 9 nitrogen and oxygen atoms in total. The van der Waals surface area contributed by atoms with Gasteiger partial charge in [-0.2, -0.15) is 0 Å². The van der Waals surface area contributed by atoms with Crippen LogP contribution < -0.4 is 5.32 Å². The highest BCUT2D eigenvalue weighted by Gasteiger charge is 2.30. The summed E-state index contributed by atoms with van der Waals surface area (Å²) in [4.78, 5) is 37.7. The highest BCUT2D eigenvalue weighted by molar-refractivity contribution is 7.47. The summed E-state index contributed by atoms with van der Waals surface area (Å²) in [5.74, 6) is -0.514. The van der Waals surface area contributed by atoms with Crippen LogP contribution in [0.25, 0.3) is 0 Å². The molecule has 0 saturated carbocycles.